The Hall–Kier alpha value is -3.48. The third-order valence-corrected chi connectivity index (χ3v) is 8.95. The summed E-state index contributed by atoms with van der Waals surface area (Å²) in [5.74, 6) is -0.813. The Morgan fingerprint density at radius 2 is 0.978 bits per heavy atom. The Balaban J connectivity index is 1.55. The van der Waals surface area contributed by atoms with Crippen molar-refractivity contribution in [2.24, 2.45) is 0 Å². The van der Waals surface area contributed by atoms with Crippen LogP contribution >= 0.6 is 46.4 Å². The van der Waals surface area contributed by atoms with Gasteiger partial charge in [0.2, 0.25) is 11.6 Å². The summed E-state index contributed by atoms with van der Waals surface area (Å²) in [6, 6.07) is 18.0. The highest BCUT2D eigenvalue weighted by atomic mass is 35.5. The first-order valence-electron chi connectivity index (χ1n) is 14.0. The van der Waals surface area contributed by atoms with Crippen molar-refractivity contribution in [3.8, 4) is 11.5 Å². The molecule has 0 amide bonds. The molecule has 0 unspecified atom stereocenters. The Morgan fingerprint density at radius 3 is 1.31 bits per heavy atom. The average molecular weight is 688 g/mol. The molecule has 0 aliphatic heterocycles. The fourth-order valence-electron chi connectivity index (χ4n) is 4.76. The van der Waals surface area contributed by atoms with Gasteiger partial charge in [-0.15, -0.1) is 0 Å². The number of halogens is 6. The van der Waals surface area contributed by atoms with E-state index in [0.29, 0.717) is 68.8 Å². The number of carbonyl (C=O) groups excluding carboxylic acids is 2. The molecule has 0 N–H and O–H groups in total. The van der Waals surface area contributed by atoms with E-state index in [-0.39, 0.29) is 20.1 Å². The lowest BCUT2D eigenvalue weighted by atomic mass is 10.0. The number of hydrogen-bond acceptors (Lipinski definition) is 3. The topological polar surface area (TPSA) is 43.4 Å². The van der Waals surface area contributed by atoms with Crippen LogP contribution in [0.4, 0.5) is 8.78 Å². The normalized spacial score (nSPS) is 12.4. The van der Waals surface area contributed by atoms with E-state index in [1.807, 2.05) is 13.8 Å². The molecule has 4 rings (SSSR count). The number of ether oxygens (including phenoxy) is 1. The van der Waals surface area contributed by atoms with Crippen molar-refractivity contribution < 1.29 is 23.1 Å². The number of rotatable bonds is 10. The van der Waals surface area contributed by atoms with Crippen LogP contribution in [0.3, 0.4) is 0 Å². The highest BCUT2D eigenvalue weighted by Gasteiger charge is 2.21. The van der Waals surface area contributed by atoms with E-state index >= 15 is 0 Å². The quantitative estimate of drug-likeness (QED) is 0.123. The number of benzene rings is 4. The summed E-state index contributed by atoms with van der Waals surface area (Å²) in [5.41, 5.74) is 4.16. The van der Waals surface area contributed by atoms with E-state index in [1.165, 1.54) is 36.4 Å². The molecule has 0 atom stereocenters. The van der Waals surface area contributed by atoms with Gasteiger partial charge in [-0.2, -0.15) is 0 Å². The van der Waals surface area contributed by atoms with Gasteiger partial charge in [0, 0.05) is 11.1 Å². The molecule has 0 aromatic heterocycles. The van der Waals surface area contributed by atoms with Gasteiger partial charge in [-0.25, -0.2) is 8.78 Å². The van der Waals surface area contributed by atoms with Crippen LogP contribution in [0.25, 0.3) is 10.1 Å². The second kappa shape index (κ2) is 14.7. The lowest BCUT2D eigenvalue weighted by molar-refractivity contribution is 0.103. The molecular formula is C36H28Cl4F2O3. The molecule has 3 nitrogen and oxygen atoms in total. The predicted molar refractivity (Wildman–Crippen MR) is 180 cm³/mol. The molecule has 0 fully saturated rings. The van der Waals surface area contributed by atoms with E-state index in [2.05, 4.69) is 0 Å². The van der Waals surface area contributed by atoms with E-state index in [0.717, 1.165) is 0 Å². The molecule has 0 spiro atoms. The Bertz CT molecular complexity index is 1740. The van der Waals surface area contributed by atoms with Crippen LogP contribution in [0, 0.1) is 25.5 Å². The number of Topliss-reactive ketones (excluding diaryl/α,β-unsaturated/α-hetero) is 2. The van der Waals surface area contributed by atoms with Gasteiger partial charge < -0.3 is 4.74 Å². The molecule has 0 radical (unpaired) electrons. The number of allylic oxidation sites excluding steroid dienone is 2. The predicted octanol–water partition coefficient (Wildman–Crippen LogP) is 11.6. The maximum Gasteiger partial charge on any atom is 0.205 e. The molecule has 9 heteroatoms. The molecule has 232 valence electrons. The monoisotopic (exact) mass is 686 g/mol. The SMILES string of the molecule is CCc1cc(F)ccc1/C(Cl)=C(\Cl)C(=O)c1ccc(Oc2ccc(C(=O)/C(Cl)=C(\Cl)c3ccc(F)cc3CC)cc2C)c(C)c1. The first-order valence-corrected chi connectivity index (χ1v) is 15.5. The first-order chi connectivity index (χ1) is 21.4. The van der Waals surface area contributed by atoms with Gasteiger partial charge in [0.05, 0.1) is 10.1 Å². The van der Waals surface area contributed by atoms with Crippen LogP contribution in [-0.2, 0) is 12.8 Å². The first kappa shape index (κ1) is 34.4. The maximum absolute atomic E-state index is 13.7. The summed E-state index contributed by atoms with van der Waals surface area (Å²) in [4.78, 5) is 26.4. The highest BCUT2D eigenvalue weighted by molar-refractivity contribution is 6.61. The van der Waals surface area contributed by atoms with Crippen LogP contribution in [0.2, 0.25) is 0 Å². The Kier molecular flexibility index (Phi) is 11.3. The average Bonchev–Trinajstić information content (AvgIpc) is 3.04. The number of ketones is 2. The standard InChI is InChI=1S/C36H28Cl4F2O3/c1-5-21-17-25(41)9-11-27(21)31(37)33(39)35(43)23-7-13-29(19(3)15-23)45-30-14-8-24(16-20(30)4)36(44)34(40)32(38)28-12-10-26(42)18-22(28)6-2/h7-18H,5-6H2,1-4H3/b33-31+,34-32+. The molecule has 0 aliphatic carbocycles. The van der Waals surface area contributed by atoms with Crippen LogP contribution in [0.15, 0.2) is 82.9 Å². The molecule has 4 aromatic carbocycles. The van der Waals surface area contributed by atoms with Gasteiger partial charge in [0.1, 0.15) is 33.2 Å². The molecule has 0 saturated carbocycles. The second-order valence-corrected chi connectivity index (χ2v) is 11.8. The summed E-state index contributed by atoms with van der Waals surface area (Å²) >= 11 is 25.8. The highest BCUT2D eigenvalue weighted by Crippen LogP contribution is 2.35. The zero-order valence-electron chi connectivity index (χ0n) is 24.8. The van der Waals surface area contributed by atoms with Crippen LogP contribution in [-0.4, -0.2) is 11.6 Å². The van der Waals surface area contributed by atoms with E-state index in [1.54, 1.807) is 50.2 Å². The molecule has 0 aliphatic rings. The van der Waals surface area contributed by atoms with Crippen molar-refractivity contribution in [3.63, 3.8) is 0 Å². The summed E-state index contributed by atoms with van der Waals surface area (Å²) in [6.07, 6.45) is 1.02. The maximum atomic E-state index is 13.7. The van der Waals surface area contributed by atoms with Gasteiger partial charge in [-0.05, 0) is 121 Å². The summed E-state index contributed by atoms with van der Waals surface area (Å²) < 4.78 is 33.5. The van der Waals surface area contributed by atoms with E-state index < -0.39 is 23.2 Å². The van der Waals surface area contributed by atoms with Crippen molar-refractivity contribution in [3.05, 3.63) is 139 Å². The lowest BCUT2D eigenvalue weighted by Gasteiger charge is -2.14. The third-order valence-electron chi connectivity index (χ3n) is 7.25. The van der Waals surface area contributed by atoms with Crippen LogP contribution in [0.1, 0.15) is 67.9 Å². The van der Waals surface area contributed by atoms with Crippen molar-refractivity contribution in [1.29, 1.82) is 0 Å². The Labute approximate surface area is 281 Å². The van der Waals surface area contributed by atoms with Crippen LogP contribution < -0.4 is 4.74 Å². The summed E-state index contributed by atoms with van der Waals surface area (Å²) in [5, 5.41) is -0.275. The summed E-state index contributed by atoms with van der Waals surface area (Å²) in [6.45, 7) is 7.26. The van der Waals surface area contributed by atoms with Gasteiger partial charge in [-0.3, -0.25) is 9.59 Å². The molecule has 45 heavy (non-hydrogen) atoms. The largest absolute Gasteiger partial charge is 0.457 e. The van der Waals surface area contributed by atoms with E-state index in [9.17, 15) is 18.4 Å². The van der Waals surface area contributed by atoms with Crippen molar-refractivity contribution in [2.75, 3.05) is 0 Å². The van der Waals surface area contributed by atoms with Gasteiger partial charge in [0.25, 0.3) is 0 Å². The third kappa shape index (κ3) is 7.67. The van der Waals surface area contributed by atoms with Gasteiger partial charge >= 0.3 is 0 Å². The fraction of sp³-hybridized carbons (Fsp3) is 0.167. The van der Waals surface area contributed by atoms with Crippen molar-refractivity contribution >= 4 is 68.0 Å². The smallest absolute Gasteiger partial charge is 0.205 e. The van der Waals surface area contributed by atoms with Crippen LogP contribution in [0.5, 0.6) is 11.5 Å². The number of aryl methyl sites for hydroxylation is 4. The molecular weight excluding hydrogens is 660 g/mol. The zero-order valence-corrected chi connectivity index (χ0v) is 27.9. The minimum Gasteiger partial charge on any atom is -0.457 e. The second-order valence-electron chi connectivity index (χ2n) is 10.3. The minimum atomic E-state index is -0.489. The number of hydrogen-bond donors (Lipinski definition) is 0. The van der Waals surface area contributed by atoms with Gasteiger partial charge in [-0.1, -0.05) is 72.4 Å². The van der Waals surface area contributed by atoms with E-state index in [4.69, 9.17) is 51.1 Å². The molecule has 0 heterocycles. The molecule has 4 aromatic rings. The minimum absolute atomic E-state index is 0.0430. The zero-order chi connectivity index (χ0) is 33.0. The molecule has 0 bridgehead atoms. The van der Waals surface area contributed by atoms with Gasteiger partial charge in [0.15, 0.2) is 0 Å². The summed E-state index contributed by atoms with van der Waals surface area (Å²) in [7, 11) is 0. The fourth-order valence-corrected chi connectivity index (χ4v) is 5.72. The Morgan fingerprint density at radius 1 is 0.600 bits per heavy atom. The van der Waals surface area contributed by atoms with Crippen molar-refractivity contribution in [1.82, 2.24) is 0 Å². The number of carbonyl (C=O) groups is 2. The molecule has 0 saturated heterocycles. The van der Waals surface area contributed by atoms with Crippen molar-refractivity contribution in [2.45, 2.75) is 40.5 Å². The lowest BCUT2D eigenvalue weighted by Crippen LogP contribution is -2.04.